The molecule has 0 amide bonds. The fraction of sp³-hybridized carbons (Fsp3) is 1.00. The zero-order valence-corrected chi connectivity index (χ0v) is 8.23. The highest BCUT2D eigenvalue weighted by Gasteiger charge is 2.19. The first kappa shape index (κ1) is 13.7. The van der Waals surface area contributed by atoms with Crippen molar-refractivity contribution in [3.63, 3.8) is 0 Å². The minimum absolute atomic E-state index is 0.0907. The molecule has 0 aromatic rings. The Kier molecular flexibility index (Phi) is 4.89. The largest absolute Gasteiger partial charge is 0.390 e. The number of nitrogens with one attached hydrogen (secondary N) is 2. The van der Waals surface area contributed by atoms with Crippen molar-refractivity contribution in [2.75, 3.05) is 13.1 Å². The van der Waals surface area contributed by atoms with E-state index in [4.69, 9.17) is 20.4 Å². The van der Waals surface area contributed by atoms with E-state index in [0.717, 1.165) is 13.8 Å². The quantitative estimate of drug-likeness (QED) is 0.231. The number of aliphatic hydroxyl groups is 5. The molecule has 0 radical (unpaired) electrons. The molecule has 0 saturated carbocycles. The highest BCUT2D eigenvalue weighted by atomic mass is 16.5. The first-order valence-electron chi connectivity index (χ1n) is 4.18. The van der Waals surface area contributed by atoms with Crippen molar-refractivity contribution in [2.45, 2.75) is 31.8 Å². The van der Waals surface area contributed by atoms with Crippen LogP contribution in [-0.2, 0) is 0 Å². The van der Waals surface area contributed by atoms with Gasteiger partial charge < -0.3 is 25.5 Å². The molecule has 7 nitrogen and oxygen atoms in total. The van der Waals surface area contributed by atoms with Crippen LogP contribution in [0, 0.1) is 0 Å². The van der Waals surface area contributed by atoms with Crippen molar-refractivity contribution in [3.05, 3.63) is 0 Å². The average molecular weight is 210 g/mol. The molecule has 0 aliphatic rings. The van der Waals surface area contributed by atoms with Crippen LogP contribution in [0.5, 0.6) is 0 Å². The third-order valence-corrected chi connectivity index (χ3v) is 1.35. The molecule has 0 unspecified atom stereocenters. The zero-order valence-electron chi connectivity index (χ0n) is 8.23. The summed E-state index contributed by atoms with van der Waals surface area (Å²) in [5.41, 5.74) is 0. The lowest BCUT2D eigenvalue weighted by Crippen LogP contribution is -2.50. The van der Waals surface area contributed by atoms with E-state index in [0.29, 0.717) is 0 Å². The minimum atomic E-state index is -2.05. The van der Waals surface area contributed by atoms with Crippen LogP contribution in [0.25, 0.3) is 0 Å². The summed E-state index contributed by atoms with van der Waals surface area (Å²) in [7, 11) is 0. The van der Waals surface area contributed by atoms with E-state index in [-0.39, 0.29) is 13.1 Å². The van der Waals surface area contributed by atoms with E-state index >= 15 is 0 Å². The van der Waals surface area contributed by atoms with Crippen LogP contribution in [0.15, 0.2) is 0 Å². The second-order valence-corrected chi connectivity index (χ2v) is 3.46. The number of rotatable bonds is 6. The summed E-state index contributed by atoms with van der Waals surface area (Å²) >= 11 is 0. The van der Waals surface area contributed by atoms with Crippen LogP contribution in [-0.4, -0.2) is 56.5 Å². The first-order chi connectivity index (χ1) is 6.10. The van der Waals surface area contributed by atoms with E-state index in [1.54, 1.807) is 0 Å². The van der Waals surface area contributed by atoms with Crippen LogP contribution >= 0.6 is 0 Å². The van der Waals surface area contributed by atoms with Crippen LogP contribution in [0.1, 0.15) is 13.8 Å². The summed E-state index contributed by atoms with van der Waals surface area (Å²) in [5.74, 6) is -4.11. The molecule has 0 aliphatic carbocycles. The van der Waals surface area contributed by atoms with E-state index < -0.39 is 17.9 Å². The van der Waals surface area contributed by atoms with Gasteiger partial charge in [-0.2, -0.15) is 0 Å². The summed E-state index contributed by atoms with van der Waals surface area (Å²) in [6.45, 7) is 2.03. The molecule has 0 aliphatic heterocycles. The van der Waals surface area contributed by atoms with E-state index in [1.807, 2.05) is 0 Å². The molecule has 7 N–H and O–H groups in total. The Morgan fingerprint density at radius 2 is 1.21 bits per heavy atom. The molecule has 0 saturated heterocycles. The highest BCUT2D eigenvalue weighted by Crippen LogP contribution is 1.93. The second-order valence-electron chi connectivity index (χ2n) is 3.46. The molecule has 0 fully saturated rings. The molecule has 14 heavy (non-hydrogen) atoms. The summed E-state index contributed by atoms with van der Waals surface area (Å²) in [6.07, 6.45) is -0.966. The fourth-order valence-corrected chi connectivity index (χ4v) is 0.694. The fourth-order valence-electron chi connectivity index (χ4n) is 0.694. The predicted octanol–water partition coefficient (Wildman–Crippen LogP) is -3.16. The van der Waals surface area contributed by atoms with Crippen molar-refractivity contribution >= 4 is 0 Å². The third-order valence-electron chi connectivity index (χ3n) is 1.35. The lowest BCUT2D eigenvalue weighted by Gasteiger charge is -2.23. The third kappa shape index (κ3) is 9.81. The maximum absolute atomic E-state index is 9.21. The van der Waals surface area contributed by atoms with E-state index in [2.05, 4.69) is 10.6 Å². The molecule has 0 spiro atoms. The van der Waals surface area contributed by atoms with Gasteiger partial charge in [-0.1, -0.05) is 0 Å². The van der Waals surface area contributed by atoms with Crippen LogP contribution in [0.2, 0.25) is 0 Å². The Balaban J connectivity index is 3.62. The van der Waals surface area contributed by atoms with Gasteiger partial charge in [0.15, 0.2) is 0 Å². The van der Waals surface area contributed by atoms with Crippen molar-refractivity contribution < 1.29 is 25.5 Å². The van der Waals surface area contributed by atoms with Gasteiger partial charge in [0.1, 0.15) is 0 Å². The van der Waals surface area contributed by atoms with Gasteiger partial charge in [0.05, 0.1) is 6.10 Å². The molecule has 86 valence electrons. The average Bonchev–Trinajstić information content (AvgIpc) is 1.94. The highest BCUT2D eigenvalue weighted by molar-refractivity contribution is 4.66. The molecular formula is C7H18N2O5. The Morgan fingerprint density at radius 3 is 1.43 bits per heavy atom. The summed E-state index contributed by atoms with van der Waals surface area (Å²) in [4.78, 5) is 0. The van der Waals surface area contributed by atoms with Crippen molar-refractivity contribution in [3.8, 4) is 0 Å². The number of hydrogen-bond donors (Lipinski definition) is 7. The molecule has 0 atom stereocenters. The Morgan fingerprint density at radius 1 is 0.929 bits per heavy atom. The molecule has 0 aromatic carbocycles. The smallest absolute Gasteiger partial charge is 0.219 e. The molecular weight excluding hydrogens is 192 g/mol. The van der Waals surface area contributed by atoms with Crippen LogP contribution in [0.4, 0.5) is 0 Å². The Bertz CT molecular complexity index is 144. The Hall–Kier alpha value is -0.280. The van der Waals surface area contributed by atoms with Crippen molar-refractivity contribution in [1.82, 2.24) is 10.6 Å². The molecule has 0 bridgehead atoms. The van der Waals surface area contributed by atoms with Gasteiger partial charge in [-0.05, 0) is 0 Å². The van der Waals surface area contributed by atoms with E-state index in [9.17, 15) is 5.11 Å². The normalized spacial score (nSPS) is 13.7. The molecule has 0 aromatic heterocycles. The van der Waals surface area contributed by atoms with E-state index in [1.165, 1.54) is 0 Å². The topological polar surface area (TPSA) is 125 Å². The van der Waals surface area contributed by atoms with Crippen molar-refractivity contribution in [2.24, 2.45) is 0 Å². The van der Waals surface area contributed by atoms with Gasteiger partial charge in [0.25, 0.3) is 0 Å². The SMILES string of the molecule is CC(O)(O)NCC(O)CNC(C)(O)O. The lowest BCUT2D eigenvalue weighted by molar-refractivity contribution is -0.178. The summed E-state index contributed by atoms with van der Waals surface area (Å²) in [5, 5.41) is 48.9. The number of aliphatic hydroxyl groups excluding tert-OH is 1. The predicted molar refractivity (Wildman–Crippen MR) is 47.7 cm³/mol. The lowest BCUT2D eigenvalue weighted by atomic mass is 10.3. The van der Waals surface area contributed by atoms with Crippen molar-refractivity contribution in [1.29, 1.82) is 0 Å². The first-order valence-corrected chi connectivity index (χ1v) is 4.18. The molecule has 0 heterocycles. The summed E-state index contributed by atoms with van der Waals surface area (Å²) in [6, 6.07) is 0. The van der Waals surface area contributed by atoms with Gasteiger partial charge in [-0.3, -0.25) is 10.6 Å². The summed E-state index contributed by atoms with van der Waals surface area (Å²) < 4.78 is 0. The van der Waals surface area contributed by atoms with Crippen LogP contribution < -0.4 is 10.6 Å². The van der Waals surface area contributed by atoms with Gasteiger partial charge in [0.2, 0.25) is 11.8 Å². The van der Waals surface area contributed by atoms with Gasteiger partial charge >= 0.3 is 0 Å². The van der Waals surface area contributed by atoms with Gasteiger partial charge in [0, 0.05) is 26.9 Å². The Labute approximate surface area is 82.0 Å². The maximum atomic E-state index is 9.21. The maximum Gasteiger partial charge on any atom is 0.219 e. The second kappa shape index (κ2) is 4.99. The van der Waals surface area contributed by atoms with Crippen LogP contribution in [0.3, 0.4) is 0 Å². The molecule has 0 rings (SSSR count). The zero-order chi connectivity index (χ0) is 11.4. The minimum Gasteiger partial charge on any atom is -0.390 e. The van der Waals surface area contributed by atoms with Gasteiger partial charge in [-0.15, -0.1) is 0 Å². The van der Waals surface area contributed by atoms with Gasteiger partial charge in [-0.25, -0.2) is 0 Å². The molecule has 7 heteroatoms. The number of hydrogen-bond acceptors (Lipinski definition) is 7. The standard InChI is InChI=1S/C7H18N2O5/c1-6(11,12)8-3-5(10)4-9-7(2,13)14/h5,8-14H,3-4H2,1-2H3. The monoisotopic (exact) mass is 210 g/mol.